The van der Waals surface area contributed by atoms with Gasteiger partial charge in [0.1, 0.15) is 6.04 Å². The number of hydrogen-bond acceptors (Lipinski definition) is 2. The van der Waals surface area contributed by atoms with Crippen LogP contribution in [0.1, 0.15) is 48.6 Å². The minimum atomic E-state index is -0.265. The van der Waals surface area contributed by atoms with E-state index in [1.807, 2.05) is 50.2 Å². The monoisotopic (exact) mass is 250 g/mol. The van der Waals surface area contributed by atoms with Gasteiger partial charge >= 0.3 is 0 Å². The lowest BCUT2D eigenvalue weighted by molar-refractivity contribution is -0.133. The zero-order valence-electron chi connectivity index (χ0n) is 11.9. The summed E-state index contributed by atoms with van der Waals surface area (Å²) in [6.45, 7) is 11.0. The average molecular weight is 250 g/mol. The number of nitrogens with zero attached hydrogens (tertiary/aromatic N) is 2. The lowest BCUT2D eigenvalue weighted by Gasteiger charge is -2.25. The maximum atomic E-state index is 12.3. The molecule has 100 valence electrons. The van der Waals surface area contributed by atoms with Crippen LogP contribution in [0.5, 0.6) is 0 Å². The highest BCUT2D eigenvalue weighted by Gasteiger charge is 2.23. The lowest BCUT2D eigenvalue weighted by atomic mass is 10.2. The van der Waals surface area contributed by atoms with Crippen molar-refractivity contribution in [2.75, 3.05) is 13.1 Å². The standard InChI is InChI=1S/C14H22N2O2/c1-6-15(7-2)14(18)12(5)16-10(3)8-13(9-17)11(16)4/h8-9,12H,6-7H2,1-5H3. The van der Waals surface area contributed by atoms with Gasteiger partial charge in [-0.05, 0) is 40.7 Å². The number of likely N-dealkylation sites (N-methyl/N-ethyl adjacent to an activating group) is 1. The van der Waals surface area contributed by atoms with Gasteiger partial charge in [0.15, 0.2) is 6.29 Å². The summed E-state index contributed by atoms with van der Waals surface area (Å²) in [6, 6.07) is 1.56. The molecule has 0 saturated carbocycles. The Kier molecular flexibility index (Phi) is 4.70. The smallest absolute Gasteiger partial charge is 0.245 e. The highest BCUT2D eigenvalue weighted by molar-refractivity contribution is 5.82. The summed E-state index contributed by atoms with van der Waals surface area (Å²) in [5, 5.41) is 0. The van der Waals surface area contributed by atoms with Gasteiger partial charge in [0, 0.05) is 30.0 Å². The van der Waals surface area contributed by atoms with Crippen LogP contribution in [-0.4, -0.2) is 34.7 Å². The molecule has 0 aromatic carbocycles. The fourth-order valence-corrected chi connectivity index (χ4v) is 2.43. The first-order chi connectivity index (χ1) is 8.47. The van der Waals surface area contributed by atoms with Gasteiger partial charge in [-0.25, -0.2) is 0 Å². The quantitative estimate of drug-likeness (QED) is 0.753. The molecule has 1 heterocycles. The minimum Gasteiger partial charge on any atom is -0.341 e. The topological polar surface area (TPSA) is 42.3 Å². The van der Waals surface area contributed by atoms with E-state index in [-0.39, 0.29) is 11.9 Å². The molecule has 0 N–H and O–H groups in total. The summed E-state index contributed by atoms with van der Waals surface area (Å²) in [6.07, 6.45) is 0.841. The van der Waals surface area contributed by atoms with Crippen LogP contribution < -0.4 is 0 Å². The maximum absolute atomic E-state index is 12.3. The molecule has 1 amide bonds. The molecule has 0 radical (unpaired) electrons. The molecule has 4 nitrogen and oxygen atoms in total. The molecule has 0 aliphatic heterocycles. The zero-order valence-corrected chi connectivity index (χ0v) is 11.9. The van der Waals surface area contributed by atoms with Crippen molar-refractivity contribution >= 4 is 12.2 Å². The number of aldehydes is 1. The number of aryl methyl sites for hydroxylation is 1. The Morgan fingerprint density at radius 2 is 1.94 bits per heavy atom. The van der Waals surface area contributed by atoms with E-state index in [0.29, 0.717) is 18.7 Å². The van der Waals surface area contributed by atoms with Crippen molar-refractivity contribution in [2.45, 2.75) is 40.7 Å². The molecule has 1 aromatic heterocycles. The fraction of sp³-hybridized carbons (Fsp3) is 0.571. The van der Waals surface area contributed by atoms with E-state index in [4.69, 9.17) is 0 Å². The number of carbonyl (C=O) groups is 2. The highest BCUT2D eigenvalue weighted by Crippen LogP contribution is 2.20. The first-order valence-corrected chi connectivity index (χ1v) is 6.40. The third-order valence-electron chi connectivity index (χ3n) is 3.47. The molecule has 0 aliphatic carbocycles. The summed E-state index contributed by atoms with van der Waals surface area (Å²) in [5.41, 5.74) is 2.46. The number of rotatable bonds is 5. The molecule has 1 unspecified atom stereocenters. The van der Waals surface area contributed by atoms with Gasteiger partial charge in [0.25, 0.3) is 0 Å². The molecule has 0 fully saturated rings. The van der Waals surface area contributed by atoms with Crippen LogP contribution in [0.15, 0.2) is 6.07 Å². The van der Waals surface area contributed by atoms with Gasteiger partial charge < -0.3 is 9.47 Å². The molecular formula is C14H22N2O2. The SMILES string of the molecule is CCN(CC)C(=O)C(C)n1c(C)cc(C=O)c1C. The van der Waals surface area contributed by atoms with Crippen LogP contribution in [0, 0.1) is 13.8 Å². The Bertz CT molecular complexity index is 445. The van der Waals surface area contributed by atoms with Crippen LogP contribution in [0.25, 0.3) is 0 Å². The highest BCUT2D eigenvalue weighted by atomic mass is 16.2. The van der Waals surface area contributed by atoms with Gasteiger partial charge in [-0.3, -0.25) is 9.59 Å². The molecule has 1 rings (SSSR count). The number of hydrogen-bond donors (Lipinski definition) is 0. The molecule has 0 saturated heterocycles. The predicted molar refractivity (Wildman–Crippen MR) is 71.9 cm³/mol. The van der Waals surface area contributed by atoms with Crippen molar-refractivity contribution in [1.29, 1.82) is 0 Å². The molecule has 0 bridgehead atoms. The number of carbonyl (C=O) groups excluding carboxylic acids is 2. The van der Waals surface area contributed by atoms with Gasteiger partial charge in [-0.2, -0.15) is 0 Å². The van der Waals surface area contributed by atoms with E-state index >= 15 is 0 Å². The van der Waals surface area contributed by atoms with E-state index in [2.05, 4.69) is 0 Å². The van der Waals surface area contributed by atoms with Crippen LogP contribution in [0.3, 0.4) is 0 Å². The molecule has 1 aromatic rings. The summed E-state index contributed by atoms with van der Waals surface area (Å²) < 4.78 is 1.93. The van der Waals surface area contributed by atoms with E-state index < -0.39 is 0 Å². The van der Waals surface area contributed by atoms with Crippen molar-refractivity contribution in [3.63, 3.8) is 0 Å². The molecule has 18 heavy (non-hydrogen) atoms. The second-order valence-electron chi connectivity index (χ2n) is 4.50. The van der Waals surface area contributed by atoms with Crippen molar-refractivity contribution in [1.82, 2.24) is 9.47 Å². The third kappa shape index (κ3) is 2.47. The minimum absolute atomic E-state index is 0.0965. The summed E-state index contributed by atoms with van der Waals surface area (Å²) in [4.78, 5) is 25.1. The molecule has 1 atom stereocenters. The molecule has 4 heteroatoms. The normalized spacial score (nSPS) is 12.3. The largest absolute Gasteiger partial charge is 0.341 e. The zero-order chi connectivity index (χ0) is 13.9. The Balaban J connectivity index is 3.10. The van der Waals surface area contributed by atoms with E-state index in [0.717, 1.165) is 17.7 Å². The Morgan fingerprint density at radius 3 is 2.33 bits per heavy atom. The number of amides is 1. The van der Waals surface area contributed by atoms with Crippen LogP contribution in [-0.2, 0) is 4.79 Å². The van der Waals surface area contributed by atoms with Crippen molar-refractivity contribution in [3.8, 4) is 0 Å². The first kappa shape index (κ1) is 14.5. The van der Waals surface area contributed by atoms with Gasteiger partial charge in [0.2, 0.25) is 5.91 Å². The summed E-state index contributed by atoms with van der Waals surface area (Å²) >= 11 is 0. The lowest BCUT2D eigenvalue weighted by Crippen LogP contribution is -2.36. The summed E-state index contributed by atoms with van der Waals surface area (Å²) in [5.74, 6) is 0.0965. The fourth-order valence-electron chi connectivity index (χ4n) is 2.43. The number of aromatic nitrogens is 1. The van der Waals surface area contributed by atoms with E-state index in [1.54, 1.807) is 0 Å². The van der Waals surface area contributed by atoms with Crippen LogP contribution in [0.2, 0.25) is 0 Å². The molecular weight excluding hydrogens is 228 g/mol. The van der Waals surface area contributed by atoms with Gasteiger partial charge in [0.05, 0.1) is 0 Å². The van der Waals surface area contributed by atoms with Crippen LogP contribution in [0.4, 0.5) is 0 Å². The summed E-state index contributed by atoms with van der Waals surface area (Å²) in [7, 11) is 0. The van der Waals surface area contributed by atoms with Crippen molar-refractivity contribution in [2.24, 2.45) is 0 Å². The van der Waals surface area contributed by atoms with Crippen molar-refractivity contribution < 1.29 is 9.59 Å². The van der Waals surface area contributed by atoms with Crippen LogP contribution >= 0.6 is 0 Å². The Hall–Kier alpha value is -1.58. The van der Waals surface area contributed by atoms with Gasteiger partial charge in [-0.15, -0.1) is 0 Å². The molecule has 0 spiro atoms. The van der Waals surface area contributed by atoms with Crippen molar-refractivity contribution in [3.05, 3.63) is 23.0 Å². The first-order valence-electron chi connectivity index (χ1n) is 6.40. The second kappa shape index (κ2) is 5.85. The van der Waals surface area contributed by atoms with E-state index in [9.17, 15) is 9.59 Å². The third-order valence-corrected chi connectivity index (χ3v) is 3.47. The Labute approximate surface area is 109 Å². The maximum Gasteiger partial charge on any atom is 0.245 e. The van der Waals surface area contributed by atoms with E-state index in [1.165, 1.54) is 0 Å². The Morgan fingerprint density at radius 1 is 1.39 bits per heavy atom. The molecule has 0 aliphatic rings. The predicted octanol–water partition coefficient (Wildman–Crippen LogP) is 2.35. The average Bonchev–Trinajstić information content (AvgIpc) is 2.64. The van der Waals surface area contributed by atoms with Gasteiger partial charge in [-0.1, -0.05) is 0 Å². The second-order valence-corrected chi connectivity index (χ2v) is 4.50.